The number of fused-ring (bicyclic) bond motifs is 1. The summed E-state index contributed by atoms with van der Waals surface area (Å²) in [5.74, 6) is 0.257. The molecule has 4 N–H and O–H groups in total. The second kappa shape index (κ2) is 4.57. The third kappa shape index (κ3) is 1.84. The fourth-order valence-electron chi connectivity index (χ4n) is 2.13. The van der Waals surface area contributed by atoms with E-state index in [1.807, 2.05) is 0 Å². The highest BCUT2D eigenvalue weighted by molar-refractivity contribution is 6.21. The maximum absolute atomic E-state index is 9.85. The first-order chi connectivity index (χ1) is 9.13. The number of nitrogens with zero attached hydrogens (tertiary/aromatic N) is 4. The van der Waals surface area contributed by atoms with Crippen molar-refractivity contribution in [2.45, 2.75) is 23.8 Å². The maximum atomic E-state index is 9.85. The van der Waals surface area contributed by atoms with Gasteiger partial charge in [-0.25, -0.2) is 15.0 Å². The lowest BCUT2D eigenvalue weighted by Crippen LogP contribution is -2.29. The Hall–Kier alpha value is -1.48. The Bertz CT molecular complexity index is 606. The molecule has 0 amide bonds. The number of imidazole rings is 1. The van der Waals surface area contributed by atoms with E-state index >= 15 is 0 Å². The Kier molecular flexibility index (Phi) is 3.02. The van der Waals surface area contributed by atoms with E-state index in [2.05, 4.69) is 15.0 Å². The van der Waals surface area contributed by atoms with Gasteiger partial charge in [-0.3, -0.25) is 4.57 Å². The van der Waals surface area contributed by atoms with Crippen molar-refractivity contribution >= 4 is 28.6 Å². The Balaban J connectivity index is 2.04. The van der Waals surface area contributed by atoms with Crippen molar-refractivity contribution in [1.82, 2.24) is 19.5 Å². The molecule has 1 aliphatic rings. The van der Waals surface area contributed by atoms with Gasteiger partial charge in [0.05, 0.1) is 12.9 Å². The summed E-state index contributed by atoms with van der Waals surface area (Å²) in [6, 6.07) is 0. The summed E-state index contributed by atoms with van der Waals surface area (Å²) >= 11 is 6.12. The number of hydrogen-bond donors (Lipinski definition) is 3. The van der Waals surface area contributed by atoms with Gasteiger partial charge in [0.2, 0.25) is 0 Å². The highest BCUT2D eigenvalue weighted by Crippen LogP contribution is 2.35. The van der Waals surface area contributed by atoms with Gasteiger partial charge >= 0.3 is 0 Å². The minimum atomic E-state index is -0.965. The third-order valence-electron chi connectivity index (χ3n) is 3.13. The van der Waals surface area contributed by atoms with Crippen LogP contribution in [0, 0.1) is 0 Å². The second-order valence-corrected chi connectivity index (χ2v) is 4.77. The van der Waals surface area contributed by atoms with E-state index in [-0.39, 0.29) is 12.4 Å². The van der Waals surface area contributed by atoms with Gasteiger partial charge in [-0.15, -0.1) is 11.6 Å². The molecule has 102 valence electrons. The van der Waals surface area contributed by atoms with Crippen molar-refractivity contribution in [1.29, 1.82) is 0 Å². The van der Waals surface area contributed by atoms with Crippen LogP contribution in [0.4, 0.5) is 5.82 Å². The van der Waals surface area contributed by atoms with Gasteiger partial charge in [-0.2, -0.15) is 0 Å². The van der Waals surface area contributed by atoms with Crippen molar-refractivity contribution in [3.8, 4) is 0 Å². The molecule has 0 radical (unpaired) electrons. The molecular formula is C10H12ClN5O3. The van der Waals surface area contributed by atoms with E-state index in [1.165, 1.54) is 12.7 Å². The molecule has 2 aromatic rings. The molecular weight excluding hydrogens is 274 g/mol. The van der Waals surface area contributed by atoms with E-state index < -0.39 is 23.8 Å². The molecule has 0 bridgehead atoms. The van der Waals surface area contributed by atoms with Gasteiger partial charge in [-0.05, 0) is 0 Å². The number of nitrogens with two attached hydrogens (primary N) is 1. The van der Waals surface area contributed by atoms with Gasteiger partial charge < -0.3 is 20.7 Å². The van der Waals surface area contributed by atoms with Crippen LogP contribution in [-0.4, -0.2) is 53.9 Å². The molecule has 0 aliphatic carbocycles. The number of anilines is 1. The molecule has 3 rings (SSSR count). The molecule has 19 heavy (non-hydrogen) atoms. The van der Waals surface area contributed by atoms with Crippen LogP contribution in [0.25, 0.3) is 11.2 Å². The molecule has 1 saturated heterocycles. The highest BCUT2D eigenvalue weighted by Gasteiger charge is 2.43. The number of ether oxygens (including phenoxy) is 1. The quantitative estimate of drug-likeness (QED) is 0.622. The molecule has 2 aromatic heterocycles. The van der Waals surface area contributed by atoms with Crippen LogP contribution in [-0.2, 0) is 4.74 Å². The molecule has 2 unspecified atom stereocenters. The standard InChI is InChI=1S/C10H12ClN5O3/c11-5-7(18)4(1-17)19-10(5)16-3-15-6-8(12)13-2-14-9(6)16/h2-5,7,10,17-18H,1H2,(H2,12,13,14)/t4-,5?,7?,10-/m1/s1. The Morgan fingerprint density at radius 1 is 1.42 bits per heavy atom. The topological polar surface area (TPSA) is 119 Å². The summed E-state index contributed by atoms with van der Waals surface area (Å²) in [5, 5.41) is 18.2. The molecule has 0 aromatic carbocycles. The van der Waals surface area contributed by atoms with Crippen molar-refractivity contribution in [2.75, 3.05) is 12.3 Å². The number of rotatable bonds is 2. The highest BCUT2D eigenvalue weighted by atomic mass is 35.5. The minimum absolute atomic E-state index is 0.257. The summed E-state index contributed by atoms with van der Waals surface area (Å²) in [6.07, 6.45) is 0.418. The molecule has 8 nitrogen and oxygen atoms in total. The number of aliphatic hydroxyl groups is 2. The maximum Gasteiger partial charge on any atom is 0.167 e. The SMILES string of the molecule is Nc1ncnc2c1ncn2[C@@H]1O[C@H](CO)C(O)C1Cl. The first-order valence-corrected chi connectivity index (χ1v) is 6.08. The number of aromatic nitrogens is 4. The van der Waals surface area contributed by atoms with Crippen molar-refractivity contribution in [2.24, 2.45) is 0 Å². The fraction of sp³-hybridized carbons (Fsp3) is 0.500. The summed E-state index contributed by atoms with van der Waals surface area (Å²) in [4.78, 5) is 12.0. The van der Waals surface area contributed by atoms with Crippen molar-refractivity contribution in [3.63, 3.8) is 0 Å². The number of hydrogen-bond acceptors (Lipinski definition) is 7. The Labute approximate surface area is 112 Å². The van der Waals surface area contributed by atoms with Gasteiger partial charge in [0.1, 0.15) is 29.4 Å². The van der Waals surface area contributed by atoms with Gasteiger partial charge in [-0.1, -0.05) is 0 Å². The summed E-state index contributed by atoms with van der Waals surface area (Å²) in [5.41, 5.74) is 6.60. The van der Waals surface area contributed by atoms with Crippen LogP contribution in [0.15, 0.2) is 12.7 Å². The van der Waals surface area contributed by atoms with Gasteiger partial charge in [0, 0.05) is 0 Å². The summed E-state index contributed by atoms with van der Waals surface area (Å²) in [7, 11) is 0. The van der Waals surface area contributed by atoms with E-state index in [0.717, 1.165) is 0 Å². The predicted molar refractivity (Wildman–Crippen MR) is 66.4 cm³/mol. The zero-order valence-electron chi connectivity index (χ0n) is 9.72. The van der Waals surface area contributed by atoms with Crippen LogP contribution in [0.2, 0.25) is 0 Å². The van der Waals surface area contributed by atoms with E-state index in [1.54, 1.807) is 4.57 Å². The monoisotopic (exact) mass is 285 g/mol. The van der Waals surface area contributed by atoms with Crippen LogP contribution < -0.4 is 5.73 Å². The largest absolute Gasteiger partial charge is 0.394 e. The average Bonchev–Trinajstić information content (AvgIpc) is 2.94. The number of aliphatic hydroxyl groups excluding tert-OH is 2. The average molecular weight is 286 g/mol. The molecule has 1 aliphatic heterocycles. The minimum Gasteiger partial charge on any atom is -0.394 e. The summed E-state index contributed by atoms with van der Waals surface area (Å²) in [6.45, 7) is -0.315. The first-order valence-electron chi connectivity index (χ1n) is 5.65. The van der Waals surface area contributed by atoms with E-state index in [4.69, 9.17) is 27.2 Å². The molecule has 1 fully saturated rings. The lowest BCUT2D eigenvalue weighted by Gasteiger charge is -2.15. The Morgan fingerprint density at radius 3 is 2.89 bits per heavy atom. The number of nitrogen functional groups attached to an aromatic ring is 1. The number of halogens is 1. The lowest BCUT2D eigenvalue weighted by atomic mass is 10.2. The summed E-state index contributed by atoms with van der Waals surface area (Å²) < 4.78 is 7.09. The molecule has 0 saturated carbocycles. The smallest absolute Gasteiger partial charge is 0.167 e. The van der Waals surface area contributed by atoms with Crippen LogP contribution in [0.1, 0.15) is 6.23 Å². The zero-order valence-corrected chi connectivity index (χ0v) is 10.5. The van der Waals surface area contributed by atoms with Crippen LogP contribution in [0.5, 0.6) is 0 Å². The number of alkyl halides is 1. The molecule has 4 atom stereocenters. The predicted octanol–water partition coefficient (Wildman–Crippen LogP) is -0.734. The van der Waals surface area contributed by atoms with E-state index in [0.29, 0.717) is 11.2 Å². The van der Waals surface area contributed by atoms with Crippen LogP contribution in [0.3, 0.4) is 0 Å². The van der Waals surface area contributed by atoms with Gasteiger partial charge in [0.25, 0.3) is 0 Å². The second-order valence-electron chi connectivity index (χ2n) is 4.27. The normalized spacial score (nSPS) is 31.1. The Morgan fingerprint density at radius 2 is 2.21 bits per heavy atom. The third-order valence-corrected chi connectivity index (χ3v) is 3.61. The van der Waals surface area contributed by atoms with E-state index in [9.17, 15) is 5.11 Å². The van der Waals surface area contributed by atoms with Crippen molar-refractivity contribution < 1.29 is 14.9 Å². The lowest BCUT2D eigenvalue weighted by molar-refractivity contribution is -0.0431. The first kappa shape index (κ1) is 12.5. The molecule has 9 heteroatoms. The molecule has 0 spiro atoms. The fourth-order valence-corrected chi connectivity index (χ4v) is 2.48. The van der Waals surface area contributed by atoms with Crippen molar-refractivity contribution in [3.05, 3.63) is 12.7 Å². The van der Waals surface area contributed by atoms with Gasteiger partial charge in [0.15, 0.2) is 17.7 Å². The molecule has 3 heterocycles. The zero-order chi connectivity index (χ0) is 13.6. The van der Waals surface area contributed by atoms with Crippen LogP contribution >= 0.6 is 11.6 Å².